The number of halogens is 1. The van der Waals surface area contributed by atoms with Gasteiger partial charge in [0, 0.05) is 41.4 Å². The minimum Gasteiger partial charge on any atom is -0.493 e. The average molecular weight is 592 g/mol. The maximum atomic E-state index is 13.7. The minimum atomic E-state index is -0.663. The van der Waals surface area contributed by atoms with Crippen molar-refractivity contribution in [2.75, 3.05) is 27.4 Å². The minimum absolute atomic E-state index is 0.00628. The molecule has 202 valence electrons. The quantitative estimate of drug-likeness (QED) is 0.440. The molecule has 8 nitrogen and oxygen atoms in total. The molecule has 1 aliphatic heterocycles. The van der Waals surface area contributed by atoms with Gasteiger partial charge < -0.3 is 24.8 Å². The Labute approximate surface area is 237 Å². The predicted molar refractivity (Wildman–Crippen MR) is 149 cm³/mol. The number of Topliss-reactive ketones (excluding diaryl/α,β-unsaturated/α-hetero) is 1. The van der Waals surface area contributed by atoms with Gasteiger partial charge in [0.15, 0.2) is 17.3 Å². The summed E-state index contributed by atoms with van der Waals surface area (Å²) in [6.45, 7) is 5.13. The number of nitrogens with zero attached hydrogens (tertiary/aromatic N) is 3. The molecule has 0 fully saturated rings. The SMILES string of the molecule is COCCN1C(N)=C(C#N)[C@@H](c2cc(OC)c(OCc3ccccc3C#N)cc2Br)C2=C1CC(C)(C)CC2=O. The van der Waals surface area contributed by atoms with Crippen molar-refractivity contribution in [2.45, 2.75) is 39.2 Å². The third-order valence-electron chi connectivity index (χ3n) is 7.12. The molecule has 0 saturated carbocycles. The van der Waals surface area contributed by atoms with Gasteiger partial charge in [-0.2, -0.15) is 10.5 Å². The number of ketones is 1. The first-order chi connectivity index (χ1) is 18.6. The number of allylic oxidation sites excluding steroid dienone is 3. The van der Waals surface area contributed by atoms with Gasteiger partial charge >= 0.3 is 0 Å². The van der Waals surface area contributed by atoms with E-state index in [2.05, 4.69) is 41.9 Å². The van der Waals surface area contributed by atoms with Crippen molar-refractivity contribution in [3.63, 3.8) is 0 Å². The highest BCUT2D eigenvalue weighted by Crippen LogP contribution is 2.51. The topological polar surface area (TPSA) is 122 Å². The van der Waals surface area contributed by atoms with Crippen LogP contribution < -0.4 is 15.2 Å². The van der Waals surface area contributed by atoms with Crippen LogP contribution in [0.4, 0.5) is 0 Å². The third kappa shape index (κ3) is 5.52. The summed E-state index contributed by atoms with van der Waals surface area (Å²) in [7, 11) is 3.14. The molecule has 39 heavy (non-hydrogen) atoms. The standard InChI is InChI=1S/C30H31BrN4O4/c1-30(2)13-23-28(24(36)14-30)27(21(16-33)29(34)35(23)9-10-37-3)20-11-25(38-4)26(12-22(20)31)39-17-19-8-6-5-7-18(19)15-32/h5-8,11-12,27H,9-10,13-14,17,34H2,1-4H3/t27-/m1/s1. The highest BCUT2D eigenvalue weighted by molar-refractivity contribution is 9.10. The number of methoxy groups -OCH3 is 2. The van der Waals surface area contributed by atoms with Crippen molar-refractivity contribution in [1.82, 2.24) is 4.90 Å². The van der Waals surface area contributed by atoms with Gasteiger partial charge in [-0.1, -0.05) is 48.0 Å². The molecular formula is C30H31BrN4O4. The highest BCUT2D eigenvalue weighted by atomic mass is 79.9. The summed E-state index contributed by atoms with van der Waals surface area (Å²) < 4.78 is 17.7. The fourth-order valence-electron chi connectivity index (χ4n) is 5.28. The molecule has 0 amide bonds. The molecule has 4 rings (SSSR count). The summed E-state index contributed by atoms with van der Waals surface area (Å²) in [6, 6.07) is 15.2. The van der Waals surface area contributed by atoms with Gasteiger partial charge in [0.1, 0.15) is 12.4 Å². The molecule has 2 aromatic carbocycles. The second kappa shape index (κ2) is 11.5. The molecule has 2 N–H and O–H groups in total. The summed E-state index contributed by atoms with van der Waals surface area (Å²) in [5.74, 6) is 0.547. The first-order valence-corrected chi connectivity index (χ1v) is 13.4. The molecule has 0 aromatic heterocycles. The number of ether oxygens (including phenoxy) is 3. The second-order valence-corrected chi connectivity index (χ2v) is 11.2. The molecule has 1 atom stereocenters. The fourth-order valence-corrected chi connectivity index (χ4v) is 5.83. The smallest absolute Gasteiger partial charge is 0.162 e. The Hall–Kier alpha value is -3.79. The number of carbonyl (C=O) groups is 1. The summed E-state index contributed by atoms with van der Waals surface area (Å²) in [4.78, 5) is 15.5. The third-order valence-corrected chi connectivity index (χ3v) is 7.81. The molecule has 9 heteroatoms. The van der Waals surface area contributed by atoms with Gasteiger partial charge in [0.25, 0.3) is 0 Å². The van der Waals surface area contributed by atoms with Gasteiger partial charge in [0.2, 0.25) is 0 Å². The first kappa shape index (κ1) is 28.2. The van der Waals surface area contributed by atoms with Crippen molar-refractivity contribution in [1.29, 1.82) is 10.5 Å². The molecular weight excluding hydrogens is 560 g/mol. The highest BCUT2D eigenvalue weighted by Gasteiger charge is 2.44. The van der Waals surface area contributed by atoms with Gasteiger partial charge in [-0.15, -0.1) is 0 Å². The Bertz CT molecular complexity index is 1450. The van der Waals surface area contributed by atoms with Gasteiger partial charge in [0.05, 0.1) is 42.9 Å². The number of rotatable bonds is 8. The van der Waals surface area contributed by atoms with E-state index in [4.69, 9.17) is 19.9 Å². The summed E-state index contributed by atoms with van der Waals surface area (Å²) in [5.41, 5.74) is 10.0. The Balaban J connectivity index is 1.81. The van der Waals surface area contributed by atoms with Crippen LogP contribution in [0, 0.1) is 28.1 Å². The van der Waals surface area contributed by atoms with E-state index in [0.717, 1.165) is 11.3 Å². The molecule has 0 radical (unpaired) electrons. The number of hydrogen-bond donors (Lipinski definition) is 1. The lowest BCUT2D eigenvalue weighted by atomic mass is 9.68. The Morgan fingerprint density at radius 3 is 2.54 bits per heavy atom. The lowest BCUT2D eigenvalue weighted by Crippen LogP contribution is -2.43. The van der Waals surface area contributed by atoms with Crippen LogP contribution >= 0.6 is 15.9 Å². The van der Waals surface area contributed by atoms with E-state index < -0.39 is 5.92 Å². The molecule has 1 aliphatic carbocycles. The van der Waals surface area contributed by atoms with E-state index in [0.29, 0.717) is 70.1 Å². The molecule has 0 spiro atoms. The van der Waals surface area contributed by atoms with E-state index in [1.165, 1.54) is 7.11 Å². The zero-order chi connectivity index (χ0) is 28.3. The van der Waals surface area contributed by atoms with Crippen molar-refractivity contribution in [3.05, 3.63) is 80.2 Å². The van der Waals surface area contributed by atoms with Crippen molar-refractivity contribution < 1.29 is 19.0 Å². The average Bonchev–Trinajstić information content (AvgIpc) is 2.90. The zero-order valence-electron chi connectivity index (χ0n) is 22.5. The van der Waals surface area contributed by atoms with E-state index in [-0.39, 0.29) is 17.8 Å². The number of nitrogens with two attached hydrogens (primary N) is 1. The van der Waals surface area contributed by atoms with Crippen LogP contribution in [0.1, 0.15) is 49.3 Å². The summed E-state index contributed by atoms with van der Waals surface area (Å²) >= 11 is 3.66. The van der Waals surface area contributed by atoms with Crippen LogP contribution in [0.5, 0.6) is 11.5 Å². The van der Waals surface area contributed by atoms with E-state index in [1.807, 2.05) is 17.0 Å². The molecule has 0 unspecified atom stereocenters. The summed E-state index contributed by atoms with van der Waals surface area (Å²) in [5, 5.41) is 19.7. The van der Waals surface area contributed by atoms with Crippen LogP contribution in [0.25, 0.3) is 0 Å². The Kier molecular flexibility index (Phi) is 8.34. The molecule has 2 aromatic rings. The Morgan fingerprint density at radius 2 is 1.87 bits per heavy atom. The van der Waals surface area contributed by atoms with Crippen LogP contribution in [0.3, 0.4) is 0 Å². The first-order valence-electron chi connectivity index (χ1n) is 12.6. The second-order valence-electron chi connectivity index (χ2n) is 10.4. The van der Waals surface area contributed by atoms with Crippen molar-refractivity contribution in [3.8, 4) is 23.6 Å². The lowest BCUT2D eigenvalue weighted by Gasteiger charge is -2.44. The Morgan fingerprint density at radius 1 is 1.13 bits per heavy atom. The van der Waals surface area contributed by atoms with E-state index in [1.54, 1.807) is 31.4 Å². The molecule has 0 bridgehead atoms. The monoisotopic (exact) mass is 590 g/mol. The number of carbonyl (C=O) groups excluding carboxylic acids is 1. The van der Waals surface area contributed by atoms with Crippen molar-refractivity contribution in [2.24, 2.45) is 11.1 Å². The van der Waals surface area contributed by atoms with Crippen LogP contribution in [-0.2, 0) is 16.1 Å². The number of hydrogen-bond acceptors (Lipinski definition) is 8. The maximum Gasteiger partial charge on any atom is 0.162 e. The number of nitriles is 2. The van der Waals surface area contributed by atoms with Crippen LogP contribution in [0.2, 0.25) is 0 Å². The lowest BCUT2D eigenvalue weighted by molar-refractivity contribution is -0.118. The van der Waals surface area contributed by atoms with E-state index in [9.17, 15) is 15.3 Å². The zero-order valence-corrected chi connectivity index (χ0v) is 24.1. The molecule has 2 aliphatic rings. The fraction of sp³-hybridized carbons (Fsp3) is 0.367. The predicted octanol–water partition coefficient (Wildman–Crippen LogP) is 5.29. The van der Waals surface area contributed by atoms with Crippen LogP contribution in [0.15, 0.2) is 63.5 Å². The normalized spacial score (nSPS) is 18.4. The molecule has 0 saturated heterocycles. The maximum absolute atomic E-state index is 13.7. The summed E-state index contributed by atoms with van der Waals surface area (Å²) in [6.07, 6.45) is 1.01. The van der Waals surface area contributed by atoms with Crippen molar-refractivity contribution >= 4 is 21.7 Å². The largest absolute Gasteiger partial charge is 0.493 e. The van der Waals surface area contributed by atoms with E-state index >= 15 is 0 Å². The molecule has 1 heterocycles. The van der Waals surface area contributed by atoms with Crippen LogP contribution in [-0.4, -0.2) is 38.1 Å². The number of benzene rings is 2. The van der Waals surface area contributed by atoms with Gasteiger partial charge in [-0.25, -0.2) is 0 Å². The van der Waals surface area contributed by atoms with Gasteiger partial charge in [-0.3, -0.25) is 4.79 Å². The van der Waals surface area contributed by atoms with Gasteiger partial charge in [-0.05, 0) is 35.6 Å².